The Kier molecular flexibility index (Phi) is 2.27. The Morgan fingerprint density at radius 1 is 1.33 bits per heavy atom. The molecule has 1 rings (SSSR count). The van der Waals surface area contributed by atoms with Crippen LogP contribution in [-0.2, 0) is 10.1 Å². The highest BCUT2D eigenvalue weighted by Crippen LogP contribution is 2.29. The van der Waals surface area contributed by atoms with Gasteiger partial charge in [-0.25, -0.2) is 0 Å². The molecule has 0 aliphatic carbocycles. The fraction of sp³-hybridized carbons (Fsp3) is 0. The average Bonchev–Trinajstić information content (AvgIpc) is 1.92. The third-order valence-corrected chi connectivity index (χ3v) is 2.63. The maximum Gasteiger partial charge on any atom is 0.296 e. The van der Waals surface area contributed by atoms with E-state index in [9.17, 15) is 8.42 Å². The molecule has 4 nitrogen and oxygen atoms in total. The molecule has 0 saturated heterocycles. The molecule has 0 aliphatic heterocycles. The lowest BCUT2D eigenvalue weighted by Gasteiger charge is -2.00. The highest BCUT2D eigenvalue weighted by atomic mass is 35.5. The molecule has 0 radical (unpaired) electrons. The van der Waals surface area contributed by atoms with Gasteiger partial charge in [-0.3, -0.25) is 4.55 Å². The molecular weight excluding hydrogens is 204 g/mol. The first-order valence-corrected chi connectivity index (χ1v) is 4.69. The monoisotopic (exact) mass is 208 g/mol. The van der Waals surface area contributed by atoms with E-state index < -0.39 is 15.0 Å². The van der Waals surface area contributed by atoms with E-state index >= 15 is 0 Å². The van der Waals surface area contributed by atoms with Crippen molar-refractivity contribution in [2.24, 2.45) is 0 Å². The summed E-state index contributed by atoms with van der Waals surface area (Å²) < 4.78 is 29.7. The lowest BCUT2D eigenvalue weighted by Crippen LogP contribution is -1.98. The minimum Gasteiger partial charge on any atom is -0.506 e. The zero-order valence-corrected chi connectivity index (χ0v) is 7.30. The summed E-state index contributed by atoms with van der Waals surface area (Å²) in [6.07, 6.45) is 0. The summed E-state index contributed by atoms with van der Waals surface area (Å²) in [5.41, 5.74) is 0. The highest BCUT2D eigenvalue weighted by Gasteiger charge is 2.15. The Morgan fingerprint density at radius 3 is 2.33 bits per heavy atom. The molecule has 66 valence electrons. The standard InChI is InChI=1S/C6H5ClO4S/c7-6-4(8)2-1-3-5(6)12(9,10)11/h1-3,8H,(H,9,10,11). The summed E-state index contributed by atoms with van der Waals surface area (Å²) in [6, 6.07) is 3.58. The number of halogens is 1. The smallest absolute Gasteiger partial charge is 0.296 e. The van der Waals surface area contributed by atoms with E-state index in [2.05, 4.69) is 0 Å². The predicted octanol–water partition coefficient (Wildman–Crippen LogP) is 1.29. The van der Waals surface area contributed by atoms with Crippen molar-refractivity contribution in [2.45, 2.75) is 4.90 Å². The first kappa shape index (κ1) is 9.31. The van der Waals surface area contributed by atoms with Crippen LogP contribution in [0.3, 0.4) is 0 Å². The predicted molar refractivity (Wildman–Crippen MR) is 42.9 cm³/mol. The van der Waals surface area contributed by atoms with Crippen molar-refractivity contribution in [3.05, 3.63) is 23.2 Å². The normalized spacial score (nSPS) is 11.5. The largest absolute Gasteiger partial charge is 0.506 e. The molecule has 0 unspecified atom stereocenters. The summed E-state index contributed by atoms with van der Waals surface area (Å²) in [4.78, 5) is -0.496. The number of aromatic hydroxyl groups is 1. The molecule has 0 spiro atoms. The van der Waals surface area contributed by atoms with Gasteiger partial charge in [0.1, 0.15) is 15.7 Å². The molecule has 0 atom stereocenters. The van der Waals surface area contributed by atoms with Crippen molar-refractivity contribution >= 4 is 21.7 Å². The van der Waals surface area contributed by atoms with E-state index in [1.165, 1.54) is 12.1 Å². The van der Waals surface area contributed by atoms with Gasteiger partial charge in [0.2, 0.25) is 0 Å². The molecule has 0 saturated carbocycles. The van der Waals surface area contributed by atoms with Crippen molar-refractivity contribution in [1.29, 1.82) is 0 Å². The number of rotatable bonds is 1. The Hall–Kier alpha value is -0.780. The molecule has 2 N–H and O–H groups in total. The van der Waals surface area contributed by atoms with Crippen LogP contribution in [0.2, 0.25) is 5.02 Å². The van der Waals surface area contributed by atoms with Crippen molar-refractivity contribution in [1.82, 2.24) is 0 Å². The first-order valence-electron chi connectivity index (χ1n) is 2.88. The van der Waals surface area contributed by atoms with Crippen LogP contribution in [0.1, 0.15) is 0 Å². The summed E-state index contributed by atoms with van der Waals surface area (Å²) >= 11 is 5.39. The molecule has 1 aromatic rings. The lowest BCUT2D eigenvalue weighted by atomic mass is 10.3. The van der Waals surface area contributed by atoms with Crippen molar-refractivity contribution in [3.63, 3.8) is 0 Å². The van der Waals surface area contributed by atoms with Gasteiger partial charge in [-0.15, -0.1) is 0 Å². The third-order valence-electron chi connectivity index (χ3n) is 1.22. The fourth-order valence-electron chi connectivity index (χ4n) is 0.698. The number of hydrogen-bond acceptors (Lipinski definition) is 3. The van der Waals surface area contributed by atoms with Crippen LogP contribution in [0.15, 0.2) is 23.1 Å². The van der Waals surface area contributed by atoms with Gasteiger partial charge in [-0.05, 0) is 12.1 Å². The van der Waals surface area contributed by atoms with E-state index in [4.69, 9.17) is 21.3 Å². The highest BCUT2D eigenvalue weighted by molar-refractivity contribution is 7.86. The second kappa shape index (κ2) is 2.93. The Bertz CT molecular complexity index is 398. The van der Waals surface area contributed by atoms with E-state index in [1.54, 1.807) is 0 Å². The van der Waals surface area contributed by atoms with Crippen LogP contribution >= 0.6 is 11.6 Å². The molecule has 0 bridgehead atoms. The van der Waals surface area contributed by atoms with E-state index in [0.29, 0.717) is 0 Å². The molecule has 0 heterocycles. The number of hydrogen-bond donors (Lipinski definition) is 2. The van der Waals surface area contributed by atoms with E-state index in [-0.39, 0.29) is 10.8 Å². The quantitative estimate of drug-likeness (QED) is 0.682. The van der Waals surface area contributed by atoms with E-state index in [0.717, 1.165) is 6.07 Å². The van der Waals surface area contributed by atoms with Gasteiger partial charge in [-0.1, -0.05) is 17.7 Å². The molecule has 0 aliphatic rings. The van der Waals surface area contributed by atoms with Crippen LogP contribution in [0.5, 0.6) is 5.75 Å². The van der Waals surface area contributed by atoms with Gasteiger partial charge in [0.05, 0.1) is 0 Å². The molecule has 0 fully saturated rings. The number of phenolic OH excluding ortho intramolecular Hbond substituents is 1. The zero-order chi connectivity index (χ0) is 9.35. The molecule has 0 amide bonds. The van der Waals surface area contributed by atoms with Gasteiger partial charge in [-0.2, -0.15) is 8.42 Å². The Labute approximate surface area is 74.2 Å². The first-order chi connectivity index (χ1) is 5.43. The summed E-state index contributed by atoms with van der Waals surface area (Å²) in [6.45, 7) is 0. The maximum atomic E-state index is 10.6. The van der Waals surface area contributed by atoms with Gasteiger partial charge >= 0.3 is 0 Å². The lowest BCUT2D eigenvalue weighted by molar-refractivity contribution is 0.466. The van der Waals surface area contributed by atoms with Gasteiger partial charge < -0.3 is 5.11 Å². The van der Waals surface area contributed by atoms with Crippen molar-refractivity contribution in [3.8, 4) is 5.75 Å². The van der Waals surface area contributed by atoms with Gasteiger partial charge in [0, 0.05) is 0 Å². The second-order valence-corrected chi connectivity index (χ2v) is 3.83. The second-order valence-electron chi connectivity index (χ2n) is 2.06. The van der Waals surface area contributed by atoms with Crippen molar-refractivity contribution < 1.29 is 18.1 Å². The third kappa shape index (κ3) is 1.69. The van der Waals surface area contributed by atoms with E-state index in [1.807, 2.05) is 0 Å². The molecule has 1 aromatic carbocycles. The van der Waals surface area contributed by atoms with Crippen LogP contribution in [0, 0.1) is 0 Å². The minimum absolute atomic E-state index is 0.375. The minimum atomic E-state index is -4.35. The van der Waals surface area contributed by atoms with Crippen LogP contribution in [0.25, 0.3) is 0 Å². The van der Waals surface area contributed by atoms with Crippen LogP contribution in [0.4, 0.5) is 0 Å². The van der Waals surface area contributed by atoms with Crippen molar-refractivity contribution in [2.75, 3.05) is 0 Å². The maximum absolute atomic E-state index is 10.6. The number of benzene rings is 1. The molecule has 12 heavy (non-hydrogen) atoms. The SMILES string of the molecule is O=S(=O)(O)c1cccc(O)c1Cl. The van der Waals surface area contributed by atoms with Gasteiger partial charge in [0.15, 0.2) is 0 Å². The summed E-state index contributed by atoms with van der Waals surface area (Å²) in [7, 11) is -4.35. The van der Waals surface area contributed by atoms with Crippen LogP contribution in [-0.4, -0.2) is 18.1 Å². The topological polar surface area (TPSA) is 74.6 Å². The van der Waals surface area contributed by atoms with Crippen LogP contribution < -0.4 is 0 Å². The summed E-state index contributed by atoms with van der Waals surface area (Å²) in [5, 5.41) is 8.58. The summed E-state index contributed by atoms with van der Waals surface area (Å²) in [5.74, 6) is -0.383. The Balaban J connectivity index is 3.47. The van der Waals surface area contributed by atoms with Gasteiger partial charge in [0.25, 0.3) is 10.1 Å². The fourth-order valence-corrected chi connectivity index (χ4v) is 1.70. The zero-order valence-electron chi connectivity index (χ0n) is 5.73. The molecule has 6 heteroatoms. The molecule has 0 aromatic heterocycles. The number of phenols is 1. The molecular formula is C6H5ClO4S. The average molecular weight is 209 g/mol. The Morgan fingerprint density at radius 2 is 1.92 bits per heavy atom.